The zero-order valence-electron chi connectivity index (χ0n) is 14.7. The molecule has 0 spiro atoms. The minimum absolute atomic E-state index is 0.310. The summed E-state index contributed by atoms with van der Waals surface area (Å²) in [4.78, 5) is 8.95. The van der Waals surface area contributed by atoms with Crippen molar-refractivity contribution in [2.75, 3.05) is 28.4 Å². The lowest BCUT2D eigenvalue weighted by Gasteiger charge is -2.22. The van der Waals surface area contributed by atoms with Crippen molar-refractivity contribution in [3.8, 4) is 11.8 Å². The third-order valence-corrected chi connectivity index (χ3v) is 6.48. The summed E-state index contributed by atoms with van der Waals surface area (Å²) in [5.74, 6) is 0.154. The number of ether oxygens (including phenoxy) is 2. The summed E-state index contributed by atoms with van der Waals surface area (Å²) in [6, 6.07) is 3.89. The van der Waals surface area contributed by atoms with Crippen LogP contribution in [0.25, 0.3) is 11.0 Å². The Balaban J connectivity index is 2.39. The van der Waals surface area contributed by atoms with Gasteiger partial charge < -0.3 is 18.5 Å². The van der Waals surface area contributed by atoms with Crippen LogP contribution < -0.4 is 14.8 Å². The van der Waals surface area contributed by atoms with Crippen molar-refractivity contribution in [3.05, 3.63) is 21.3 Å². The van der Waals surface area contributed by atoms with E-state index in [1.54, 1.807) is 6.92 Å². The fourth-order valence-corrected chi connectivity index (χ4v) is 4.09. The van der Waals surface area contributed by atoms with Gasteiger partial charge in [0, 0.05) is 24.3 Å². The van der Waals surface area contributed by atoms with Crippen molar-refractivity contribution in [1.82, 2.24) is 15.3 Å². The maximum atomic E-state index is 12.4. The molecule has 0 unspecified atom stereocenters. The molecule has 0 aliphatic heterocycles. The highest BCUT2D eigenvalue weighted by molar-refractivity contribution is 14.1. The van der Waals surface area contributed by atoms with E-state index in [0.29, 0.717) is 29.3 Å². The van der Waals surface area contributed by atoms with Gasteiger partial charge in [0.15, 0.2) is 0 Å². The van der Waals surface area contributed by atoms with Crippen molar-refractivity contribution in [3.63, 3.8) is 0 Å². The summed E-state index contributed by atoms with van der Waals surface area (Å²) >= 11 is 2.21. The van der Waals surface area contributed by atoms with Gasteiger partial charge in [0.05, 0.1) is 25.3 Å². The lowest BCUT2D eigenvalue weighted by atomic mass is 10.1. The summed E-state index contributed by atoms with van der Waals surface area (Å²) < 4.78 is 33.9. The normalized spacial score (nSPS) is 13.0. The number of nitrogens with one attached hydrogen (secondary N) is 1. The van der Waals surface area contributed by atoms with Gasteiger partial charge in [-0.3, -0.25) is 9.88 Å². The van der Waals surface area contributed by atoms with Crippen LogP contribution in [0.15, 0.2) is 12.1 Å². The van der Waals surface area contributed by atoms with Crippen molar-refractivity contribution < 1.29 is 23.1 Å². The molecule has 0 saturated heterocycles. The number of nitrogens with zero attached hydrogens (tertiary/aromatic N) is 2. The minimum Gasteiger partial charge on any atom is -0.477 e. The Bertz CT molecular complexity index is 796. The van der Waals surface area contributed by atoms with E-state index >= 15 is 0 Å². The third-order valence-electron chi connectivity index (χ3n) is 3.71. The molecule has 2 aromatic rings. The fraction of sp³-hybridized carbons (Fsp3) is 0.467. The molecule has 1 atom stereocenters. The zero-order chi connectivity index (χ0) is 18.6. The molecule has 0 fully saturated rings. The Morgan fingerprint density at radius 2 is 1.72 bits per heavy atom. The van der Waals surface area contributed by atoms with Crippen LogP contribution in [0.5, 0.6) is 11.8 Å². The highest BCUT2D eigenvalue weighted by Crippen LogP contribution is 2.50. The van der Waals surface area contributed by atoms with E-state index in [1.807, 2.05) is 12.1 Å². The number of methoxy groups -OCH3 is 2. The quantitative estimate of drug-likeness (QED) is 0.455. The molecule has 0 aliphatic rings. The van der Waals surface area contributed by atoms with Gasteiger partial charge in [0.2, 0.25) is 0 Å². The summed E-state index contributed by atoms with van der Waals surface area (Å²) in [5.41, 5.74) is 2.26. The summed E-state index contributed by atoms with van der Waals surface area (Å²) in [7, 11) is 2.56. The van der Waals surface area contributed by atoms with E-state index in [1.165, 1.54) is 28.4 Å². The van der Waals surface area contributed by atoms with Crippen molar-refractivity contribution in [2.24, 2.45) is 0 Å². The third kappa shape index (κ3) is 4.40. The molecule has 1 aromatic heterocycles. The van der Waals surface area contributed by atoms with Crippen molar-refractivity contribution >= 4 is 41.2 Å². The van der Waals surface area contributed by atoms with Gasteiger partial charge in [-0.05, 0) is 47.2 Å². The highest BCUT2D eigenvalue weighted by atomic mass is 127. The molecule has 0 amide bonds. The van der Waals surface area contributed by atoms with Gasteiger partial charge in [-0.1, -0.05) is 0 Å². The van der Waals surface area contributed by atoms with E-state index in [9.17, 15) is 4.57 Å². The maximum Gasteiger partial charge on any atom is 0.346 e. The second kappa shape index (κ2) is 8.59. The van der Waals surface area contributed by atoms with Crippen LogP contribution >= 0.6 is 30.2 Å². The summed E-state index contributed by atoms with van der Waals surface area (Å²) in [6.07, 6.45) is 0. The molecule has 1 heterocycles. The first-order valence-electron chi connectivity index (χ1n) is 7.41. The SMILES string of the molecule is COc1nc2cc(I)cc(CN[C@H](C)P(=O)(OC)OC)c2nc1OC. The van der Waals surface area contributed by atoms with Crippen LogP contribution in [0, 0.1) is 3.57 Å². The van der Waals surface area contributed by atoms with E-state index in [-0.39, 0.29) is 0 Å². The Labute approximate surface area is 160 Å². The molecule has 138 valence electrons. The van der Waals surface area contributed by atoms with E-state index in [4.69, 9.17) is 18.5 Å². The molecular formula is C15H21IN3O5P. The molecule has 25 heavy (non-hydrogen) atoms. The molecular weight excluding hydrogens is 460 g/mol. The standard InChI is InChI=1S/C15H21IN3O5P/c1-9(25(20,23-4)24-5)17-8-10-6-11(16)7-12-13(10)19-15(22-3)14(18-12)21-2/h6-7,9,17H,8H2,1-5H3/t9-/m0/s1. The number of hydrogen-bond donors (Lipinski definition) is 1. The fourth-order valence-electron chi connectivity index (χ4n) is 2.32. The first-order chi connectivity index (χ1) is 11.9. The molecule has 0 saturated carbocycles. The maximum absolute atomic E-state index is 12.4. The monoisotopic (exact) mass is 481 g/mol. The molecule has 0 bridgehead atoms. The number of halogens is 1. The van der Waals surface area contributed by atoms with Crippen molar-refractivity contribution in [2.45, 2.75) is 19.3 Å². The van der Waals surface area contributed by atoms with E-state index < -0.39 is 13.4 Å². The predicted molar refractivity (Wildman–Crippen MR) is 103 cm³/mol. The second-order valence-electron chi connectivity index (χ2n) is 5.14. The average molecular weight is 481 g/mol. The lowest BCUT2D eigenvalue weighted by molar-refractivity contribution is 0.261. The lowest BCUT2D eigenvalue weighted by Crippen LogP contribution is -2.27. The first kappa shape index (κ1) is 20.3. The molecule has 0 radical (unpaired) electrons. The molecule has 0 aliphatic carbocycles. The number of aromatic nitrogens is 2. The summed E-state index contributed by atoms with van der Waals surface area (Å²) in [6.45, 7) is 2.16. The van der Waals surface area contributed by atoms with Gasteiger partial charge in [0.1, 0.15) is 5.78 Å². The van der Waals surface area contributed by atoms with Gasteiger partial charge in [0.25, 0.3) is 11.8 Å². The summed E-state index contributed by atoms with van der Waals surface area (Å²) in [5, 5.41) is 3.17. The first-order valence-corrected chi connectivity index (χ1v) is 10.1. The van der Waals surface area contributed by atoms with Crippen molar-refractivity contribution in [1.29, 1.82) is 0 Å². The molecule has 1 N–H and O–H groups in total. The molecule has 1 aromatic carbocycles. The van der Waals surface area contributed by atoms with Crippen LogP contribution in [0.2, 0.25) is 0 Å². The average Bonchev–Trinajstić information content (AvgIpc) is 2.63. The second-order valence-corrected chi connectivity index (χ2v) is 8.97. The Kier molecular flexibility index (Phi) is 6.98. The molecule has 10 heteroatoms. The van der Waals surface area contributed by atoms with Gasteiger partial charge in [-0.15, -0.1) is 0 Å². The minimum atomic E-state index is -3.20. The molecule has 8 nitrogen and oxygen atoms in total. The van der Waals surface area contributed by atoms with E-state index in [0.717, 1.165) is 9.13 Å². The molecule has 2 rings (SSSR count). The Hall–Kier alpha value is -1.00. The number of fused-ring (bicyclic) bond motifs is 1. The Morgan fingerprint density at radius 3 is 2.28 bits per heavy atom. The van der Waals surface area contributed by atoms with Crippen LogP contribution in [0.1, 0.15) is 12.5 Å². The smallest absolute Gasteiger partial charge is 0.346 e. The number of hydrogen-bond acceptors (Lipinski definition) is 8. The van der Waals surface area contributed by atoms with Crippen LogP contribution in [0.4, 0.5) is 0 Å². The zero-order valence-corrected chi connectivity index (χ0v) is 17.8. The predicted octanol–water partition coefficient (Wildman–Crippen LogP) is 3.17. The largest absolute Gasteiger partial charge is 0.477 e. The van der Waals surface area contributed by atoms with E-state index in [2.05, 4.69) is 37.9 Å². The van der Waals surface area contributed by atoms with Crippen LogP contribution in [-0.4, -0.2) is 44.2 Å². The Morgan fingerprint density at radius 1 is 1.12 bits per heavy atom. The van der Waals surface area contributed by atoms with Crippen LogP contribution in [0.3, 0.4) is 0 Å². The van der Waals surface area contributed by atoms with Gasteiger partial charge in [-0.2, -0.15) is 0 Å². The number of rotatable bonds is 8. The van der Waals surface area contributed by atoms with Gasteiger partial charge in [-0.25, -0.2) is 9.97 Å². The van der Waals surface area contributed by atoms with Gasteiger partial charge >= 0.3 is 7.60 Å². The van der Waals surface area contributed by atoms with Crippen LogP contribution in [-0.2, 0) is 20.2 Å². The number of benzene rings is 1. The topological polar surface area (TPSA) is 91.8 Å². The highest BCUT2D eigenvalue weighted by Gasteiger charge is 2.29.